The molecular formula is C21H19ClF3N3O2. The second-order valence-corrected chi connectivity index (χ2v) is 7.23. The molecule has 0 atom stereocenters. The minimum atomic E-state index is -4.59. The maximum absolute atomic E-state index is 13.4. The molecule has 5 nitrogen and oxygen atoms in total. The zero-order valence-electron chi connectivity index (χ0n) is 16.3. The maximum Gasteiger partial charge on any atom is 0.418 e. The Morgan fingerprint density at radius 1 is 1.17 bits per heavy atom. The fraction of sp³-hybridized carbons (Fsp3) is 0.238. The molecule has 1 amide bonds. The number of nitrogens with one attached hydrogen (secondary N) is 1. The molecule has 0 aliphatic carbocycles. The molecule has 30 heavy (non-hydrogen) atoms. The predicted molar refractivity (Wildman–Crippen MR) is 110 cm³/mol. The first-order chi connectivity index (χ1) is 14.1. The van der Waals surface area contributed by atoms with Gasteiger partial charge >= 0.3 is 6.18 Å². The lowest BCUT2D eigenvalue weighted by atomic mass is 10.1. The van der Waals surface area contributed by atoms with E-state index in [1.54, 1.807) is 43.3 Å². The zero-order valence-corrected chi connectivity index (χ0v) is 17.0. The summed E-state index contributed by atoms with van der Waals surface area (Å²) in [5.41, 5.74) is -0.0243. The molecule has 158 valence electrons. The molecule has 0 saturated carbocycles. The number of halogens is 4. The van der Waals surface area contributed by atoms with Crippen molar-refractivity contribution in [2.24, 2.45) is 0 Å². The summed E-state index contributed by atoms with van der Waals surface area (Å²) in [6.07, 6.45) is -2.99. The van der Waals surface area contributed by atoms with Crippen LogP contribution in [0.4, 0.5) is 24.5 Å². The summed E-state index contributed by atoms with van der Waals surface area (Å²) in [4.78, 5) is 17.9. The van der Waals surface area contributed by atoms with Crippen molar-refractivity contribution in [2.75, 3.05) is 24.3 Å². The Balaban J connectivity index is 1.66. The van der Waals surface area contributed by atoms with Gasteiger partial charge in [-0.25, -0.2) is 4.98 Å². The van der Waals surface area contributed by atoms with E-state index in [1.165, 1.54) is 18.3 Å². The minimum absolute atomic E-state index is 0.0761. The van der Waals surface area contributed by atoms with Crippen molar-refractivity contribution >= 4 is 28.9 Å². The standard InChI is InChI=1S/C21H19ClF3N3O2/c1-28(2)15-7-8-17(16(11-15)21(23,24)25)27-19(29)9-10-20-26-12-18(30-20)13-3-5-14(22)6-4-13/h3-8,11-12H,9-10H2,1-2H3,(H,27,29). The van der Waals surface area contributed by atoms with Gasteiger partial charge in [0, 0.05) is 43.2 Å². The average Bonchev–Trinajstić information content (AvgIpc) is 3.15. The first-order valence-corrected chi connectivity index (χ1v) is 9.40. The number of hydrogen-bond donors (Lipinski definition) is 1. The molecule has 1 aromatic heterocycles. The van der Waals surface area contributed by atoms with Gasteiger partial charge in [-0.1, -0.05) is 11.6 Å². The second-order valence-electron chi connectivity index (χ2n) is 6.80. The highest BCUT2D eigenvalue weighted by molar-refractivity contribution is 6.30. The number of alkyl halides is 3. The maximum atomic E-state index is 13.4. The molecule has 1 heterocycles. The van der Waals surface area contributed by atoms with Gasteiger partial charge in [0.25, 0.3) is 0 Å². The number of benzene rings is 2. The van der Waals surface area contributed by atoms with Crippen LogP contribution >= 0.6 is 11.6 Å². The molecule has 0 spiro atoms. The van der Waals surface area contributed by atoms with E-state index in [0.717, 1.165) is 11.6 Å². The third-order valence-corrected chi connectivity index (χ3v) is 4.60. The molecule has 0 radical (unpaired) electrons. The molecule has 9 heteroatoms. The van der Waals surface area contributed by atoms with Gasteiger partial charge in [-0.05, 0) is 42.5 Å². The SMILES string of the molecule is CN(C)c1ccc(NC(=O)CCc2ncc(-c3ccc(Cl)cc3)o2)c(C(F)(F)F)c1. The highest BCUT2D eigenvalue weighted by atomic mass is 35.5. The molecule has 0 aliphatic heterocycles. The molecule has 3 rings (SSSR count). The normalized spacial score (nSPS) is 11.4. The summed E-state index contributed by atoms with van der Waals surface area (Å²) in [6.45, 7) is 0. The molecule has 0 fully saturated rings. The first kappa shape index (κ1) is 21.7. The van der Waals surface area contributed by atoms with Crippen LogP contribution in [0.1, 0.15) is 17.9 Å². The van der Waals surface area contributed by atoms with Crippen molar-refractivity contribution < 1.29 is 22.4 Å². The summed E-state index contributed by atoms with van der Waals surface area (Å²) in [6, 6.07) is 10.7. The number of rotatable bonds is 6. The van der Waals surface area contributed by atoms with E-state index >= 15 is 0 Å². The van der Waals surface area contributed by atoms with Crippen molar-refractivity contribution in [1.29, 1.82) is 0 Å². The van der Waals surface area contributed by atoms with Gasteiger partial charge in [0.15, 0.2) is 11.7 Å². The first-order valence-electron chi connectivity index (χ1n) is 9.02. The van der Waals surface area contributed by atoms with Crippen LogP contribution in [0.2, 0.25) is 5.02 Å². The van der Waals surface area contributed by atoms with E-state index in [0.29, 0.717) is 22.4 Å². The Morgan fingerprint density at radius 3 is 2.50 bits per heavy atom. The fourth-order valence-corrected chi connectivity index (χ4v) is 2.89. The van der Waals surface area contributed by atoms with Crippen molar-refractivity contribution in [2.45, 2.75) is 19.0 Å². The van der Waals surface area contributed by atoms with E-state index < -0.39 is 17.6 Å². The van der Waals surface area contributed by atoms with Gasteiger partial charge < -0.3 is 14.6 Å². The summed E-state index contributed by atoms with van der Waals surface area (Å²) in [5.74, 6) is 0.263. The number of nitrogens with zero attached hydrogens (tertiary/aromatic N) is 2. The topological polar surface area (TPSA) is 58.4 Å². The number of anilines is 2. The van der Waals surface area contributed by atoms with Gasteiger partial charge in [0.2, 0.25) is 5.91 Å². The molecule has 0 unspecified atom stereocenters. The fourth-order valence-electron chi connectivity index (χ4n) is 2.76. The Hall–Kier alpha value is -3.00. The number of carbonyl (C=O) groups is 1. The third kappa shape index (κ3) is 5.33. The van der Waals surface area contributed by atoms with Crippen molar-refractivity contribution in [1.82, 2.24) is 4.98 Å². The molecule has 0 aliphatic rings. The lowest BCUT2D eigenvalue weighted by Crippen LogP contribution is -2.18. The van der Waals surface area contributed by atoms with Crippen LogP contribution in [0, 0.1) is 0 Å². The van der Waals surface area contributed by atoms with Crippen molar-refractivity contribution in [3.05, 3.63) is 65.1 Å². The van der Waals surface area contributed by atoms with Crippen molar-refractivity contribution in [3.63, 3.8) is 0 Å². The van der Waals surface area contributed by atoms with Gasteiger partial charge in [0.05, 0.1) is 17.4 Å². The molecule has 0 saturated heterocycles. The molecule has 3 aromatic rings. The van der Waals surface area contributed by atoms with Gasteiger partial charge in [0.1, 0.15) is 0 Å². The monoisotopic (exact) mass is 437 g/mol. The Labute approximate surface area is 176 Å². The molecule has 1 N–H and O–H groups in total. The third-order valence-electron chi connectivity index (χ3n) is 4.35. The van der Waals surface area contributed by atoms with Crippen LogP contribution < -0.4 is 10.2 Å². The van der Waals surface area contributed by atoms with E-state index in [4.69, 9.17) is 16.0 Å². The van der Waals surface area contributed by atoms with Crippen LogP contribution in [0.5, 0.6) is 0 Å². The minimum Gasteiger partial charge on any atom is -0.441 e. The van der Waals surface area contributed by atoms with Crippen LogP contribution in [0.25, 0.3) is 11.3 Å². The number of amides is 1. The lowest BCUT2D eigenvalue weighted by Gasteiger charge is -2.18. The molecular weight excluding hydrogens is 419 g/mol. The number of aromatic nitrogens is 1. The Morgan fingerprint density at radius 2 is 1.87 bits per heavy atom. The summed E-state index contributed by atoms with van der Waals surface area (Å²) in [7, 11) is 3.28. The highest BCUT2D eigenvalue weighted by Crippen LogP contribution is 2.37. The van der Waals surface area contributed by atoms with E-state index in [2.05, 4.69) is 10.3 Å². The Bertz CT molecular complexity index is 1030. The average molecular weight is 438 g/mol. The van der Waals surface area contributed by atoms with Gasteiger partial charge in [-0.2, -0.15) is 13.2 Å². The second kappa shape index (κ2) is 8.79. The summed E-state index contributed by atoms with van der Waals surface area (Å²) < 4.78 is 45.7. The summed E-state index contributed by atoms with van der Waals surface area (Å²) >= 11 is 5.86. The number of oxazole rings is 1. The van der Waals surface area contributed by atoms with Crippen LogP contribution in [-0.4, -0.2) is 25.0 Å². The molecule has 2 aromatic carbocycles. The lowest BCUT2D eigenvalue weighted by molar-refractivity contribution is -0.136. The number of carbonyl (C=O) groups excluding carboxylic acids is 1. The quantitative estimate of drug-likeness (QED) is 0.541. The number of aryl methyl sites for hydroxylation is 1. The largest absolute Gasteiger partial charge is 0.441 e. The molecule has 0 bridgehead atoms. The Kier molecular flexibility index (Phi) is 6.36. The zero-order chi connectivity index (χ0) is 21.9. The van der Waals surface area contributed by atoms with Crippen molar-refractivity contribution in [3.8, 4) is 11.3 Å². The van der Waals surface area contributed by atoms with E-state index in [1.807, 2.05) is 0 Å². The van der Waals surface area contributed by atoms with Crippen LogP contribution in [0.15, 0.2) is 53.1 Å². The number of hydrogen-bond acceptors (Lipinski definition) is 4. The predicted octanol–water partition coefficient (Wildman–Crippen LogP) is 5.65. The summed E-state index contributed by atoms with van der Waals surface area (Å²) in [5, 5.41) is 2.93. The van der Waals surface area contributed by atoms with E-state index in [-0.39, 0.29) is 18.5 Å². The highest BCUT2D eigenvalue weighted by Gasteiger charge is 2.34. The smallest absolute Gasteiger partial charge is 0.418 e. The van der Waals surface area contributed by atoms with Gasteiger partial charge in [-0.15, -0.1) is 0 Å². The van der Waals surface area contributed by atoms with Crippen LogP contribution in [-0.2, 0) is 17.4 Å². The van der Waals surface area contributed by atoms with E-state index in [9.17, 15) is 18.0 Å². The van der Waals surface area contributed by atoms with Gasteiger partial charge in [-0.3, -0.25) is 4.79 Å². The van der Waals surface area contributed by atoms with Crippen LogP contribution in [0.3, 0.4) is 0 Å².